The number of amides is 1. The van der Waals surface area contributed by atoms with Gasteiger partial charge in [-0.25, -0.2) is 8.42 Å². The first-order chi connectivity index (χ1) is 12.3. The van der Waals surface area contributed by atoms with Gasteiger partial charge in [-0.15, -0.1) is 0 Å². The van der Waals surface area contributed by atoms with E-state index in [9.17, 15) is 13.2 Å². The maximum absolute atomic E-state index is 12.4. The van der Waals surface area contributed by atoms with Crippen LogP contribution in [0.3, 0.4) is 0 Å². The van der Waals surface area contributed by atoms with Gasteiger partial charge in [0.05, 0.1) is 5.75 Å². The highest BCUT2D eigenvalue weighted by atomic mass is 32.2. The third kappa shape index (κ3) is 5.99. The van der Waals surface area contributed by atoms with Gasteiger partial charge in [0.1, 0.15) is 5.75 Å². The number of hydrogen-bond acceptors (Lipinski definition) is 3. The number of rotatable bonds is 8. The van der Waals surface area contributed by atoms with Gasteiger partial charge in [0.15, 0.2) is 9.84 Å². The molecule has 0 aliphatic rings. The van der Waals surface area contributed by atoms with Crippen molar-refractivity contribution in [2.24, 2.45) is 0 Å². The highest BCUT2D eigenvalue weighted by molar-refractivity contribution is 7.92. The Morgan fingerprint density at radius 3 is 2.38 bits per heavy atom. The van der Waals surface area contributed by atoms with Gasteiger partial charge in [-0.3, -0.25) is 4.79 Å². The van der Waals surface area contributed by atoms with Crippen molar-refractivity contribution >= 4 is 21.4 Å². The molecule has 0 fully saturated rings. The first kappa shape index (κ1) is 20.2. The zero-order valence-corrected chi connectivity index (χ0v) is 16.5. The number of hydrogen-bond donors (Lipinski definition) is 0. The van der Waals surface area contributed by atoms with E-state index in [1.807, 2.05) is 54.6 Å². The van der Waals surface area contributed by atoms with E-state index in [1.165, 1.54) is 4.90 Å². The van der Waals surface area contributed by atoms with Crippen LogP contribution in [0.25, 0.3) is 0 Å². The molecular weight excluding hydrogens is 346 g/mol. The first-order valence-corrected chi connectivity index (χ1v) is 10.7. The minimum Gasteiger partial charge on any atom is -0.315 e. The SMILES string of the molecule is CC(C)c1cccc(N(C)C(=O)CS(=O)(=O)CCCc2ccccc2)c1. The van der Waals surface area contributed by atoms with Crippen LogP contribution in [0.1, 0.15) is 37.3 Å². The number of carbonyl (C=O) groups is 1. The van der Waals surface area contributed by atoms with Crippen LogP contribution >= 0.6 is 0 Å². The molecule has 0 heterocycles. The molecule has 2 aromatic carbocycles. The summed E-state index contributed by atoms with van der Waals surface area (Å²) in [6.07, 6.45) is 1.21. The Kier molecular flexibility index (Phi) is 6.98. The number of benzene rings is 2. The maximum Gasteiger partial charge on any atom is 0.241 e. The largest absolute Gasteiger partial charge is 0.315 e. The molecule has 0 N–H and O–H groups in total. The van der Waals surface area contributed by atoms with Crippen molar-refractivity contribution in [3.05, 3.63) is 65.7 Å². The minimum absolute atomic E-state index is 0.0213. The van der Waals surface area contributed by atoms with E-state index in [0.29, 0.717) is 18.8 Å². The highest BCUT2D eigenvalue weighted by Crippen LogP contribution is 2.21. The van der Waals surface area contributed by atoms with Crippen LogP contribution in [-0.4, -0.2) is 32.9 Å². The smallest absolute Gasteiger partial charge is 0.241 e. The first-order valence-electron chi connectivity index (χ1n) is 8.89. The Morgan fingerprint density at radius 1 is 1.04 bits per heavy atom. The summed E-state index contributed by atoms with van der Waals surface area (Å²) in [5.74, 6) is -0.483. The molecule has 0 aliphatic heterocycles. The van der Waals surface area contributed by atoms with Crippen molar-refractivity contribution in [3.63, 3.8) is 0 Å². The molecule has 0 saturated heterocycles. The lowest BCUT2D eigenvalue weighted by molar-refractivity contribution is -0.115. The lowest BCUT2D eigenvalue weighted by Crippen LogP contribution is -2.33. The van der Waals surface area contributed by atoms with Gasteiger partial charge < -0.3 is 4.90 Å². The average molecular weight is 374 g/mol. The van der Waals surface area contributed by atoms with E-state index >= 15 is 0 Å². The van der Waals surface area contributed by atoms with Crippen molar-refractivity contribution in [3.8, 4) is 0 Å². The fraction of sp³-hybridized carbons (Fsp3) is 0.381. The molecule has 0 unspecified atom stereocenters. The second-order valence-corrected chi connectivity index (χ2v) is 9.07. The molecule has 0 aliphatic carbocycles. The molecule has 4 nitrogen and oxygen atoms in total. The fourth-order valence-electron chi connectivity index (χ4n) is 2.73. The van der Waals surface area contributed by atoms with E-state index in [0.717, 1.165) is 16.8 Å². The lowest BCUT2D eigenvalue weighted by atomic mass is 10.0. The van der Waals surface area contributed by atoms with Crippen LogP contribution in [0.15, 0.2) is 54.6 Å². The molecule has 0 bridgehead atoms. The van der Waals surface area contributed by atoms with Crippen LogP contribution in [-0.2, 0) is 21.1 Å². The fourth-order valence-corrected chi connectivity index (χ4v) is 4.03. The average Bonchev–Trinajstić information content (AvgIpc) is 2.61. The lowest BCUT2D eigenvalue weighted by Gasteiger charge is -2.19. The molecule has 0 radical (unpaired) electrons. The Morgan fingerprint density at radius 2 is 1.73 bits per heavy atom. The van der Waals surface area contributed by atoms with Crippen LogP contribution in [0.2, 0.25) is 0 Å². The summed E-state index contributed by atoms with van der Waals surface area (Å²) in [7, 11) is -1.80. The summed E-state index contributed by atoms with van der Waals surface area (Å²) in [5, 5.41) is 0. The molecule has 5 heteroatoms. The standard InChI is InChI=1S/C21H27NO3S/c1-17(2)19-12-7-13-20(15-19)22(3)21(23)16-26(24,25)14-8-11-18-9-5-4-6-10-18/h4-7,9-10,12-13,15,17H,8,11,14,16H2,1-3H3. The molecule has 0 atom stereocenters. The van der Waals surface area contributed by atoms with E-state index in [1.54, 1.807) is 7.05 Å². The van der Waals surface area contributed by atoms with Crippen LogP contribution in [0.5, 0.6) is 0 Å². The van der Waals surface area contributed by atoms with Crippen LogP contribution in [0, 0.1) is 0 Å². The van der Waals surface area contributed by atoms with E-state index in [4.69, 9.17) is 0 Å². The van der Waals surface area contributed by atoms with Gasteiger partial charge in [-0.2, -0.15) is 0 Å². The van der Waals surface area contributed by atoms with Gasteiger partial charge in [0.2, 0.25) is 5.91 Å². The van der Waals surface area contributed by atoms with Crippen LogP contribution < -0.4 is 4.90 Å². The summed E-state index contributed by atoms with van der Waals surface area (Å²) >= 11 is 0. The van der Waals surface area contributed by atoms with Gasteiger partial charge in [0.25, 0.3) is 0 Å². The van der Waals surface area contributed by atoms with Gasteiger partial charge in [-0.05, 0) is 42.0 Å². The molecule has 0 spiro atoms. The second-order valence-electron chi connectivity index (χ2n) is 6.88. The van der Waals surface area contributed by atoms with Crippen molar-refractivity contribution in [1.82, 2.24) is 0 Å². The van der Waals surface area contributed by atoms with Crippen LogP contribution in [0.4, 0.5) is 5.69 Å². The predicted octanol–water partition coefficient (Wildman–Crippen LogP) is 3.82. The summed E-state index contributed by atoms with van der Waals surface area (Å²) < 4.78 is 24.6. The Hall–Kier alpha value is -2.14. The van der Waals surface area contributed by atoms with Gasteiger partial charge in [-0.1, -0.05) is 56.3 Å². The quantitative estimate of drug-likeness (QED) is 0.707. The number of anilines is 1. The molecule has 2 rings (SSSR count). The van der Waals surface area contributed by atoms with Gasteiger partial charge in [0, 0.05) is 12.7 Å². The molecule has 0 saturated carbocycles. The monoisotopic (exact) mass is 373 g/mol. The number of carbonyl (C=O) groups excluding carboxylic acids is 1. The van der Waals surface area contributed by atoms with Crippen molar-refractivity contribution in [1.29, 1.82) is 0 Å². The Bertz CT molecular complexity index is 829. The van der Waals surface area contributed by atoms with Crippen molar-refractivity contribution in [2.45, 2.75) is 32.6 Å². The second kappa shape index (κ2) is 8.99. The normalized spacial score (nSPS) is 11.5. The molecular formula is C21H27NO3S. The molecule has 0 aromatic heterocycles. The summed E-state index contributed by atoms with van der Waals surface area (Å²) in [6.45, 7) is 4.16. The summed E-state index contributed by atoms with van der Waals surface area (Å²) in [5.41, 5.74) is 2.95. The van der Waals surface area contributed by atoms with E-state index in [2.05, 4.69) is 13.8 Å². The van der Waals surface area contributed by atoms with Gasteiger partial charge >= 0.3 is 0 Å². The Balaban J connectivity index is 1.93. The topological polar surface area (TPSA) is 54.5 Å². The minimum atomic E-state index is -3.42. The van der Waals surface area contributed by atoms with Crippen molar-refractivity contribution < 1.29 is 13.2 Å². The third-order valence-electron chi connectivity index (χ3n) is 4.41. The molecule has 140 valence electrons. The van der Waals surface area contributed by atoms with E-state index in [-0.39, 0.29) is 5.75 Å². The molecule has 1 amide bonds. The van der Waals surface area contributed by atoms with Crippen molar-refractivity contribution in [2.75, 3.05) is 23.5 Å². The van der Waals surface area contributed by atoms with E-state index < -0.39 is 21.5 Å². The Labute approximate surface area is 156 Å². The molecule has 26 heavy (non-hydrogen) atoms. The molecule has 2 aromatic rings. The number of aryl methyl sites for hydroxylation is 1. The summed E-state index contributed by atoms with van der Waals surface area (Å²) in [6, 6.07) is 17.4. The zero-order chi connectivity index (χ0) is 19.2. The zero-order valence-electron chi connectivity index (χ0n) is 15.7. The predicted molar refractivity (Wildman–Crippen MR) is 107 cm³/mol. The highest BCUT2D eigenvalue weighted by Gasteiger charge is 2.20. The number of nitrogens with zero attached hydrogens (tertiary/aromatic N) is 1. The number of sulfone groups is 1. The maximum atomic E-state index is 12.4. The summed E-state index contributed by atoms with van der Waals surface area (Å²) in [4.78, 5) is 13.9. The third-order valence-corrected chi connectivity index (χ3v) is 6.00.